The summed E-state index contributed by atoms with van der Waals surface area (Å²) >= 11 is 3.15. The van der Waals surface area contributed by atoms with E-state index in [4.69, 9.17) is 0 Å². The zero-order valence-electron chi connectivity index (χ0n) is 11.6. The molecule has 1 heterocycles. The van der Waals surface area contributed by atoms with Gasteiger partial charge in [-0.3, -0.25) is 14.2 Å². The van der Waals surface area contributed by atoms with Crippen LogP contribution in [0.1, 0.15) is 27.3 Å². The number of aryl methyl sites for hydroxylation is 3. The van der Waals surface area contributed by atoms with Crippen molar-refractivity contribution in [3.63, 3.8) is 0 Å². The van der Waals surface area contributed by atoms with Crippen LogP contribution in [0, 0.1) is 20.8 Å². The Hall–Kier alpha value is -1.75. The number of nitrogens with zero attached hydrogens (tertiary/aromatic N) is 2. The first-order valence-corrected chi connectivity index (χ1v) is 7.02. The summed E-state index contributed by atoms with van der Waals surface area (Å²) in [4.78, 5) is 28.5. The molecule has 0 N–H and O–H groups in total. The smallest absolute Gasteiger partial charge is 0.268 e. The Morgan fingerprint density at radius 3 is 2.70 bits per heavy atom. The Bertz CT molecular complexity index is 735. The maximum atomic E-state index is 12.4. The van der Waals surface area contributed by atoms with Crippen LogP contribution in [0.3, 0.4) is 0 Å². The summed E-state index contributed by atoms with van der Waals surface area (Å²) in [5, 5.41) is 0. The molecule has 0 aliphatic heterocycles. The lowest BCUT2D eigenvalue weighted by Crippen LogP contribution is -2.27. The fraction of sp³-hybridized carbons (Fsp3) is 0.267. The van der Waals surface area contributed by atoms with Gasteiger partial charge in [-0.15, -0.1) is 0 Å². The maximum absolute atomic E-state index is 12.4. The molecule has 0 atom stereocenters. The molecule has 0 amide bonds. The molecule has 1 aromatic carbocycles. The molecule has 4 nitrogen and oxygen atoms in total. The number of rotatable bonds is 3. The average Bonchev–Trinajstić information content (AvgIpc) is 2.41. The van der Waals surface area contributed by atoms with Gasteiger partial charge in [-0.05, 0) is 48.3 Å². The summed E-state index contributed by atoms with van der Waals surface area (Å²) in [6.45, 7) is 5.54. The molecule has 104 valence electrons. The molecule has 0 radical (unpaired) electrons. The number of ketones is 1. The third kappa shape index (κ3) is 2.88. The first-order valence-electron chi connectivity index (χ1n) is 6.22. The second-order valence-corrected chi connectivity index (χ2v) is 5.64. The minimum Gasteiger partial charge on any atom is -0.292 e. The SMILES string of the molecule is Cc1ccc(C)c(C(=O)Cn2c(C)ncc(Br)c2=O)c1. The van der Waals surface area contributed by atoms with Crippen LogP contribution >= 0.6 is 15.9 Å². The highest BCUT2D eigenvalue weighted by Gasteiger charge is 2.13. The van der Waals surface area contributed by atoms with Crippen LogP contribution in [-0.2, 0) is 6.54 Å². The molecule has 0 saturated heterocycles. The predicted molar refractivity (Wildman–Crippen MR) is 81.2 cm³/mol. The van der Waals surface area contributed by atoms with Crippen LogP contribution in [0.2, 0.25) is 0 Å². The topological polar surface area (TPSA) is 52.0 Å². The highest BCUT2D eigenvalue weighted by molar-refractivity contribution is 9.10. The molecule has 5 heteroatoms. The van der Waals surface area contributed by atoms with Gasteiger partial charge in [0, 0.05) is 11.8 Å². The zero-order valence-corrected chi connectivity index (χ0v) is 13.2. The second kappa shape index (κ2) is 5.71. The van der Waals surface area contributed by atoms with Crippen molar-refractivity contribution in [3.05, 3.63) is 61.7 Å². The van der Waals surface area contributed by atoms with Gasteiger partial charge in [-0.25, -0.2) is 4.98 Å². The highest BCUT2D eigenvalue weighted by Crippen LogP contribution is 2.12. The van der Waals surface area contributed by atoms with Crippen LogP contribution in [0.4, 0.5) is 0 Å². The number of halogens is 1. The molecule has 0 saturated carbocycles. The van der Waals surface area contributed by atoms with E-state index in [0.29, 0.717) is 15.9 Å². The molecular formula is C15H15BrN2O2. The lowest BCUT2D eigenvalue weighted by Gasteiger charge is -2.10. The van der Waals surface area contributed by atoms with Crippen molar-refractivity contribution in [2.75, 3.05) is 0 Å². The molecule has 2 rings (SSSR count). The molecule has 2 aromatic rings. The van der Waals surface area contributed by atoms with E-state index in [1.807, 2.05) is 32.0 Å². The van der Waals surface area contributed by atoms with E-state index in [1.165, 1.54) is 10.8 Å². The number of hydrogen-bond acceptors (Lipinski definition) is 3. The van der Waals surface area contributed by atoms with Crippen molar-refractivity contribution in [1.82, 2.24) is 9.55 Å². The van der Waals surface area contributed by atoms with Gasteiger partial charge in [-0.2, -0.15) is 0 Å². The van der Waals surface area contributed by atoms with E-state index in [0.717, 1.165) is 11.1 Å². The van der Waals surface area contributed by atoms with Crippen LogP contribution < -0.4 is 5.56 Å². The average molecular weight is 335 g/mol. The molecule has 0 spiro atoms. The van der Waals surface area contributed by atoms with Crippen molar-refractivity contribution < 1.29 is 4.79 Å². The molecule has 0 fully saturated rings. The van der Waals surface area contributed by atoms with Crippen molar-refractivity contribution in [2.45, 2.75) is 27.3 Å². The van der Waals surface area contributed by atoms with Crippen LogP contribution in [0.5, 0.6) is 0 Å². The summed E-state index contributed by atoms with van der Waals surface area (Å²) < 4.78 is 1.74. The summed E-state index contributed by atoms with van der Waals surface area (Å²) in [5.74, 6) is 0.438. The van der Waals surface area contributed by atoms with Crippen LogP contribution in [0.25, 0.3) is 0 Å². The minimum absolute atomic E-state index is 0.00139. The Morgan fingerprint density at radius 1 is 1.30 bits per heavy atom. The van der Waals surface area contributed by atoms with E-state index in [2.05, 4.69) is 20.9 Å². The van der Waals surface area contributed by atoms with Crippen molar-refractivity contribution in [3.8, 4) is 0 Å². The summed E-state index contributed by atoms with van der Waals surface area (Å²) in [5.41, 5.74) is 2.34. The Morgan fingerprint density at radius 2 is 2.00 bits per heavy atom. The van der Waals surface area contributed by atoms with Crippen molar-refractivity contribution >= 4 is 21.7 Å². The van der Waals surface area contributed by atoms with Gasteiger partial charge >= 0.3 is 0 Å². The quantitative estimate of drug-likeness (QED) is 0.811. The molecule has 0 bridgehead atoms. The fourth-order valence-corrected chi connectivity index (χ4v) is 2.32. The summed E-state index contributed by atoms with van der Waals surface area (Å²) in [6.07, 6.45) is 1.45. The summed E-state index contributed by atoms with van der Waals surface area (Å²) in [7, 11) is 0. The molecule has 1 aromatic heterocycles. The molecule has 0 unspecified atom stereocenters. The van der Waals surface area contributed by atoms with Crippen LogP contribution in [0.15, 0.2) is 33.7 Å². The number of carbonyl (C=O) groups excluding carboxylic acids is 1. The maximum Gasteiger partial charge on any atom is 0.268 e. The van der Waals surface area contributed by atoms with E-state index in [9.17, 15) is 9.59 Å². The first-order chi connectivity index (χ1) is 9.40. The number of benzene rings is 1. The van der Waals surface area contributed by atoms with E-state index in [1.54, 1.807) is 6.92 Å². The number of Topliss-reactive ketones (excluding diaryl/α,β-unsaturated/α-hetero) is 1. The molecular weight excluding hydrogens is 320 g/mol. The lowest BCUT2D eigenvalue weighted by molar-refractivity contribution is 0.0968. The van der Waals surface area contributed by atoms with Gasteiger partial charge < -0.3 is 0 Å². The third-order valence-electron chi connectivity index (χ3n) is 3.20. The van der Waals surface area contributed by atoms with Gasteiger partial charge in [-0.1, -0.05) is 17.7 Å². The van der Waals surface area contributed by atoms with Gasteiger partial charge in [0.25, 0.3) is 5.56 Å². The van der Waals surface area contributed by atoms with E-state index < -0.39 is 0 Å². The fourth-order valence-electron chi connectivity index (χ4n) is 2.00. The van der Waals surface area contributed by atoms with Gasteiger partial charge in [0.15, 0.2) is 5.78 Å². The Labute approximate surface area is 125 Å². The molecule has 20 heavy (non-hydrogen) atoms. The van der Waals surface area contributed by atoms with Gasteiger partial charge in [0.1, 0.15) is 10.3 Å². The number of hydrogen-bond donors (Lipinski definition) is 0. The Kier molecular flexibility index (Phi) is 4.18. The lowest BCUT2D eigenvalue weighted by atomic mass is 10.0. The number of carbonyl (C=O) groups is 1. The molecule has 0 aliphatic rings. The first kappa shape index (κ1) is 14.7. The Balaban J connectivity index is 2.40. The predicted octanol–water partition coefficient (Wildman–Crippen LogP) is 2.81. The van der Waals surface area contributed by atoms with Gasteiger partial charge in [0.05, 0.1) is 6.54 Å². The second-order valence-electron chi connectivity index (χ2n) is 4.79. The monoisotopic (exact) mass is 334 g/mol. The van der Waals surface area contributed by atoms with E-state index >= 15 is 0 Å². The number of aromatic nitrogens is 2. The third-order valence-corrected chi connectivity index (χ3v) is 3.74. The zero-order chi connectivity index (χ0) is 14.9. The normalized spacial score (nSPS) is 10.6. The van der Waals surface area contributed by atoms with Crippen molar-refractivity contribution in [1.29, 1.82) is 0 Å². The highest BCUT2D eigenvalue weighted by atomic mass is 79.9. The largest absolute Gasteiger partial charge is 0.292 e. The van der Waals surface area contributed by atoms with Gasteiger partial charge in [0.2, 0.25) is 0 Å². The van der Waals surface area contributed by atoms with E-state index in [-0.39, 0.29) is 17.9 Å². The van der Waals surface area contributed by atoms with Crippen LogP contribution in [-0.4, -0.2) is 15.3 Å². The van der Waals surface area contributed by atoms with Crippen molar-refractivity contribution in [2.24, 2.45) is 0 Å². The molecule has 0 aliphatic carbocycles. The minimum atomic E-state index is -0.240. The standard InChI is InChI=1S/C15H15BrN2O2/c1-9-4-5-10(2)12(6-9)14(19)8-18-11(3)17-7-13(16)15(18)20/h4-7H,8H2,1-3H3. The summed E-state index contributed by atoms with van der Waals surface area (Å²) in [6, 6.07) is 5.73.